The zero-order valence-electron chi connectivity index (χ0n) is 18.1. The van der Waals surface area contributed by atoms with E-state index in [2.05, 4.69) is 4.74 Å². The fraction of sp³-hybridized carbons (Fsp3) is 0.261. The molecule has 2 aromatic carbocycles. The number of nitrogens with zero attached hydrogens (tertiary/aromatic N) is 1. The number of anilines is 1. The summed E-state index contributed by atoms with van der Waals surface area (Å²) in [6.07, 6.45) is 1.71. The number of methoxy groups -OCH3 is 1. The summed E-state index contributed by atoms with van der Waals surface area (Å²) in [4.78, 5) is 26.5. The van der Waals surface area contributed by atoms with Gasteiger partial charge in [-0.25, -0.2) is 4.79 Å². The minimum absolute atomic E-state index is 0.205. The van der Waals surface area contributed by atoms with Crippen molar-refractivity contribution in [2.75, 3.05) is 25.2 Å². The highest BCUT2D eigenvalue weighted by Gasteiger charge is 2.33. The maximum Gasteiger partial charge on any atom is 0.343 e. The molecule has 0 aromatic heterocycles. The van der Waals surface area contributed by atoms with Crippen LogP contribution in [-0.4, -0.2) is 36.5 Å². The van der Waals surface area contributed by atoms with Gasteiger partial charge in [-0.15, -0.1) is 0 Å². The summed E-state index contributed by atoms with van der Waals surface area (Å²) in [5.74, 6) is -0.149. The molecule has 0 spiro atoms. The smallest absolute Gasteiger partial charge is 0.343 e. The summed E-state index contributed by atoms with van der Waals surface area (Å²) in [5, 5.41) is 0.246. The van der Waals surface area contributed by atoms with Crippen LogP contribution in [0.1, 0.15) is 23.6 Å². The van der Waals surface area contributed by atoms with Crippen molar-refractivity contribution in [3.63, 3.8) is 0 Å². The number of esters is 1. The third kappa shape index (κ3) is 5.26. The average molecular weight is 492 g/mol. The van der Waals surface area contributed by atoms with Crippen LogP contribution in [0.4, 0.5) is 5.69 Å². The Morgan fingerprint density at radius 2 is 1.94 bits per heavy atom. The zero-order valence-corrected chi connectivity index (χ0v) is 20.5. The molecule has 32 heavy (non-hydrogen) atoms. The third-order valence-corrected chi connectivity index (χ3v) is 6.32. The predicted molar refractivity (Wildman–Crippen MR) is 132 cm³/mol. The summed E-state index contributed by atoms with van der Waals surface area (Å²) in [6, 6.07) is 9.13. The molecule has 1 amide bonds. The number of halogens is 1. The van der Waals surface area contributed by atoms with Gasteiger partial charge in [0, 0.05) is 0 Å². The van der Waals surface area contributed by atoms with E-state index in [1.165, 1.54) is 23.8 Å². The van der Waals surface area contributed by atoms with Gasteiger partial charge in [-0.05, 0) is 67.8 Å². The maximum absolute atomic E-state index is 13.1. The number of thioether (sulfide) groups is 1. The highest BCUT2D eigenvalue weighted by atomic mass is 35.5. The van der Waals surface area contributed by atoms with Crippen LogP contribution in [0, 0.1) is 13.8 Å². The molecule has 168 valence electrons. The first-order valence-corrected chi connectivity index (χ1v) is 11.4. The van der Waals surface area contributed by atoms with Crippen molar-refractivity contribution in [1.29, 1.82) is 0 Å². The fourth-order valence-corrected chi connectivity index (χ4v) is 4.54. The van der Waals surface area contributed by atoms with Gasteiger partial charge < -0.3 is 14.2 Å². The first-order valence-electron chi connectivity index (χ1n) is 9.76. The molecule has 0 atom stereocenters. The molecular weight excluding hydrogens is 470 g/mol. The number of rotatable bonds is 7. The van der Waals surface area contributed by atoms with E-state index in [1.54, 1.807) is 18.2 Å². The highest BCUT2D eigenvalue weighted by Crippen LogP contribution is 2.40. The zero-order chi connectivity index (χ0) is 23.4. The van der Waals surface area contributed by atoms with Gasteiger partial charge >= 0.3 is 5.97 Å². The molecule has 1 fully saturated rings. The van der Waals surface area contributed by atoms with Gasteiger partial charge in [0.15, 0.2) is 22.4 Å². The molecule has 1 aliphatic rings. The van der Waals surface area contributed by atoms with E-state index in [0.29, 0.717) is 27.1 Å². The van der Waals surface area contributed by atoms with Crippen molar-refractivity contribution >= 4 is 63.5 Å². The lowest BCUT2D eigenvalue weighted by Gasteiger charge is -2.16. The number of ether oxygens (including phenoxy) is 3. The number of carbonyl (C=O) groups excluding carboxylic acids is 2. The van der Waals surface area contributed by atoms with E-state index in [-0.39, 0.29) is 23.3 Å². The second kappa shape index (κ2) is 10.4. The normalized spacial score (nSPS) is 14.8. The Morgan fingerprint density at radius 3 is 2.59 bits per heavy atom. The van der Waals surface area contributed by atoms with Crippen molar-refractivity contribution in [2.24, 2.45) is 0 Å². The molecule has 0 radical (unpaired) electrons. The number of carbonyl (C=O) groups is 2. The van der Waals surface area contributed by atoms with E-state index in [9.17, 15) is 9.59 Å². The summed E-state index contributed by atoms with van der Waals surface area (Å²) in [6.45, 7) is 5.89. The van der Waals surface area contributed by atoms with Gasteiger partial charge in [-0.1, -0.05) is 41.6 Å². The largest absolute Gasteiger partial charge is 0.490 e. The van der Waals surface area contributed by atoms with E-state index in [4.69, 9.17) is 33.3 Å². The summed E-state index contributed by atoms with van der Waals surface area (Å²) in [5.41, 5.74) is 3.60. The van der Waals surface area contributed by atoms with Crippen LogP contribution in [-0.2, 0) is 14.3 Å². The molecule has 0 unspecified atom stereocenters. The van der Waals surface area contributed by atoms with Crippen LogP contribution in [0.5, 0.6) is 11.5 Å². The SMILES string of the molecule is CCOc1cc(/C=C2\SC(=S)N(c3ccc(C)c(C)c3)C2=O)cc(Cl)c1OCC(=O)OC. The molecule has 0 bridgehead atoms. The second-order valence-electron chi connectivity index (χ2n) is 6.91. The second-order valence-corrected chi connectivity index (χ2v) is 9.00. The number of amides is 1. The van der Waals surface area contributed by atoms with Crippen LogP contribution in [0.2, 0.25) is 5.02 Å². The highest BCUT2D eigenvalue weighted by molar-refractivity contribution is 8.27. The Balaban J connectivity index is 1.91. The molecule has 0 aliphatic carbocycles. The van der Waals surface area contributed by atoms with Crippen molar-refractivity contribution in [2.45, 2.75) is 20.8 Å². The average Bonchev–Trinajstić information content (AvgIpc) is 3.02. The third-order valence-electron chi connectivity index (χ3n) is 4.73. The number of benzene rings is 2. The van der Waals surface area contributed by atoms with E-state index >= 15 is 0 Å². The Bertz CT molecular complexity index is 1120. The lowest BCUT2D eigenvalue weighted by molar-refractivity contribution is -0.142. The van der Waals surface area contributed by atoms with Gasteiger partial charge in [0.25, 0.3) is 5.91 Å². The molecular formula is C23H22ClNO5S2. The molecule has 1 saturated heterocycles. The number of hydrogen-bond donors (Lipinski definition) is 0. The minimum Gasteiger partial charge on any atom is -0.490 e. The lowest BCUT2D eigenvalue weighted by Crippen LogP contribution is -2.27. The van der Waals surface area contributed by atoms with Crippen molar-refractivity contribution in [3.05, 3.63) is 56.9 Å². The van der Waals surface area contributed by atoms with Crippen molar-refractivity contribution in [1.82, 2.24) is 0 Å². The summed E-state index contributed by atoms with van der Waals surface area (Å²) >= 11 is 13.1. The summed E-state index contributed by atoms with van der Waals surface area (Å²) in [7, 11) is 1.27. The summed E-state index contributed by atoms with van der Waals surface area (Å²) < 4.78 is 16.2. The Hall–Kier alpha value is -2.55. The maximum atomic E-state index is 13.1. The van der Waals surface area contributed by atoms with E-state index < -0.39 is 5.97 Å². The lowest BCUT2D eigenvalue weighted by atomic mass is 10.1. The number of thiocarbonyl (C=S) groups is 1. The molecule has 0 N–H and O–H groups in total. The monoisotopic (exact) mass is 491 g/mol. The predicted octanol–water partition coefficient (Wildman–Crippen LogP) is 5.31. The molecule has 1 heterocycles. The first kappa shape index (κ1) is 24.1. The van der Waals surface area contributed by atoms with Crippen molar-refractivity contribution < 1.29 is 23.8 Å². The van der Waals surface area contributed by atoms with Crippen LogP contribution < -0.4 is 14.4 Å². The first-order chi connectivity index (χ1) is 15.2. The Labute approximate surface area is 201 Å². The quantitative estimate of drug-likeness (QED) is 0.295. The van der Waals surface area contributed by atoms with Gasteiger partial charge in [-0.2, -0.15) is 0 Å². The molecule has 2 aromatic rings. The van der Waals surface area contributed by atoms with Gasteiger partial charge in [-0.3, -0.25) is 9.69 Å². The standard InChI is InChI=1S/C23H22ClNO5S2/c1-5-29-18-10-15(9-17(24)21(18)30-12-20(26)28-4)11-19-22(27)25(23(31)32-19)16-7-6-13(2)14(3)8-16/h6-11H,5,12H2,1-4H3/b19-11-. The van der Waals surface area contributed by atoms with Crippen LogP contribution in [0.25, 0.3) is 6.08 Å². The van der Waals surface area contributed by atoms with Crippen LogP contribution >= 0.6 is 35.6 Å². The van der Waals surface area contributed by atoms with Gasteiger partial charge in [0.1, 0.15) is 0 Å². The minimum atomic E-state index is -0.539. The van der Waals surface area contributed by atoms with Crippen LogP contribution in [0.3, 0.4) is 0 Å². The van der Waals surface area contributed by atoms with Gasteiger partial charge in [0.2, 0.25) is 0 Å². The fourth-order valence-electron chi connectivity index (χ4n) is 2.97. The number of aryl methyl sites for hydroxylation is 2. The topological polar surface area (TPSA) is 65.1 Å². The molecule has 1 aliphatic heterocycles. The van der Waals surface area contributed by atoms with Gasteiger partial charge in [0.05, 0.1) is 29.3 Å². The van der Waals surface area contributed by atoms with Crippen LogP contribution in [0.15, 0.2) is 35.2 Å². The van der Waals surface area contributed by atoms with E-state index in [1.807, 2.05) is 39.0 Å². The molecule has 3 rings (SSSR count). The Kier molecular flexibility index (Phi) is 7.82. The molecule has 9 heteroatoms. The Morgan fingerprint density at radius 1 is 1.19 bits per heavy atom. The molecule has 6 nitrogen and oxygen atoms in total. The van der Waals surface area contributed by atoms with E-state index in [0.717, 1.165) is 16.8 Å². The number of hydrogen-bond acceptors (Lipinski definition) is 7. The molecule has 0 saturated carbocycles. The van der Waals surface area contributed by atoms with Crippen molar-refractivity contribution in [3.8, 4) is 11.5 Å².